The summed E-state index contributed by atoms with van der Waals surface area (Å²) in [4.78, 5) is 40.9. The normalized spacial score (nSPS) is 12.4. The van der Waals surface area contributed by atoms with Crippen LogP contribution >= 0.6 is 0 Å². The minimum atomic E-state index is -0.281. The molecular weight excluding hydrogens is 416 g/mol. The molecule has 0 atom stereocenters. The van der Waals surface area contributed by atoms with Gasteiger partial charge in [-0.25, -0.2) is 0 Å². The fraction of sp³-hybridized carbons (Fsp3) is 0.346. The van der Waals surface area contributed by atoms with Crippen molar-refractivity contribution in [3.63, 3.8) is 0 Å². The molecule has 1 aromatic heterocycles. The molecule has 0 bridgehead atoms. The van der Waals surface area contributed by atoms with Crippen LogP contribution in [0.25, 0.3) is 10.9 Å². The van der Waals surface area contributed by atoms with Crippen LogP contribution < -0.4 is 5.32 Å². The van der Waals surface area contributed by atoms with E-state index in [1.54, 1.807) is 7.05 Å². The van der Waals surface area contributed by atoms with Gasteiger partial charge in [0.05, 0.1) is 13.1 Å². The van der Waals surface area contributed by atoms with E-state index in [4.69, 9.17) is 0 Å². The fourth-order valence-corrected chi connectivity index (χ4v) is 3.54. The number of carbonyl (C=O) groups is 3. The van der Waals surface area contributed by atoms with Gasteiger partial charge >= 0.3 is 0 Å². The number of benzene rings is 2. The van der Waals surface area contributed by atoms with Gasteiger partial charge in [-0.05, 0) is 42.9 Å². The number of H-pyrrole nitrogens is 1. The average molecular weight is 449 g/mol. The van der Waals surface area contributed by atoms with E-state index in [1.807, 2.05) is 47.5 Å². The Morgan fingerprint density at radius 3 is 2.42 bits per heavy atom. The first-order chi connectivity index (χ1) is 16.0. The van der Waals surface area contributed by atoms with Crippen LogP contribution in [-0.2, 0) is 20.9 Å². The molecule has 0 saturated heterocycles. The van der Waals surface area contributed by atoms with Crippen LogP contribution in [0.4, 0.5) is 0 Å². The lowest BCUT2D eigenvalue weighted by molar-refractivity contribution is -0.139. The van der Waals surface area contributed by atoms with Gasteiger partial charge < -0.3 is 20.1 Å². The Kier molecular flexibility index (Phi) is 8.63. The van der Waals surface area contributed by atoms with E-state index >= 15 is 0 Å². The molecule has 3 amide bonds. The predicted octanol–water partition coefficient (Wildman–Crippen LogP) is 3.11. The number of aryl methyl sites for hydroxylation is 1. The van der Waals surface area contributed by atoms with Crippen LogP contribution in [0.15, 0.2) is 60.8 Å². The first-order valence-corrected chi connectivity index (χ1v) is 11.2. The molecule has 174 valence electrons. The van der Waals surface area contributed by atoms with Gasteiger partial charge in [0.1, 0.15) is 0 Å². The maximum atomic E-state index is 12.5. The lowest BCUT2D eigenvalue weighted by Gasteiger charge is -2.26. The predicted molar refractivity (Wildman–Crippen MR) is 129 cm³/mol. The van der Waals surface area contributed by atoms with Gasteiger partial charge in [-0.1, -0.05) is 48.5 Å². The summed E-state index contributed by atoms with van der Waals surface area (Å²) in [7, 11) is 1.57. The molecule has 0 radical (unpaired) electrons. The summed E-state index contributed by atoms with van der Waals surface area (Å²) in [6.07, 6.45) is 4.83. The highest BCUT2D eigenvalue weighted by Gasteiger charge is 2.27. The Balaban J connectivity index is 0.000000252. The topological polar surface area (TPSA) is 85.5 Å². The Labute approximate surface area is 194 Å². The fourth-order valence-electron chi connectivity index (χ4n) is 3.54. The molecule has 0 aliphatic heterocycles. The second kappa shape index (κ2) is 11.9. The summed E-state index contributed by atoms with van der Waals surface area (Å²) in [5.74, 6) is 0.236. The molecule has 33 heavy (non-hydrogen) atoms. The quantitative estimate of drug-likeness (QED) is 0.493. The lowest BCUT2D eigenvalue weighted by atomic mass is 10.2. The highest BCUT2D eigenvalue weighted by Crippen LogP contribution is 2.30. The summed E-state index contributed by atoms with van der Waals surface area (Å²) in [6.45, 7) is 3.35. The second-order valence-corrected chi connectivity index (χ2v) is 8.47. The minimum Gasteiger partial charge on any atom is -0.361 e. The smallest absolute Gasteiger partial charge is 0.242 e. The van der Waals surface area contributed by atoms with E-state index in [-0.39, 0.29) is 24.9 Å². The summed E-state index contributed by atoms with van der Waals surface area (Å²) < 4.78 is 0. The van der Waals surface area contributed by atoms with Crippen molar-refractivity contribution in [2.24, 2.45) is 5.92 Å². The number of carbonyl (C=O) groups excluding carboxylic acids is 3. The van der Waals surface area contributed by atoms with Crippen molar-refractivity contribution >= 4 is 29.1 Å². The van der Waals surface area contributed by atoms with E-state index in [0.717, 1.165) is 24.9 Å². The number of para-hydroxylation sites is 1. The van der Waals surface area contributed by atoms with Crippen molar-refractivity contribution in [3.8, 4) is 0 Å². The molecule has 2 N–H and O–H groups in total. The van der Waals surface area contributed by atoms with Crippen LogP contribution in [-0.4, -0.2) is 59.7 Å². The number of aromatic amines is 1. The zero-order valence-corrected chi connectivity index (χ0v) is 19.3. The zero-order valence-electron chi connectivity index (χ0n) is 19.3. The molecule has 2 aromatic carbocycles. The Morgan fingerprint density at radius 1 is 1.06 bits per heavy atom. The van der Waals surface area contributed by atoms with Gasteiger partial charge in [-0.3, -0.25) is 14.4 Å². The Bertz CT molecular complexity index is 1060. The number of nitrogens with zero attached hydrogens (tertiary/aromatic N) is 2. The van der Waals surface area contributed by atoms with Gasteiger partial charge in [0.25, 0.3) is 0 Å². The highest BCUT2D eigenvalue weighted by molar-refractivity contribution is 5.86. The van der Waals surface area contributed by atoms with Crippen LogP contribution in [0, 0.1) is 12.8 Å². The first-order valence-electron chi connectivity index (χ1n) is 11.2. The van der Waals surface area contributed by atoms with Crippen molar-refractivity contribution < 1.29 is 14.4 Å². The van der Waals surface area contributed by atoms with Crippen molar-refractivity contribution in [2.75, 3.05) is 26.7 Å². The molecule has 1 saturated carbocycles. The number of fused-ring (bicyclic) bond motifs is 1. The highest BCUT2D eigenvalue weighted by atomic mass is 16.2. The molecule has 1 fully saturated rings. The maximum absolute atomic E-state index is 12.5. The number of rotatable bonds is 9. The first kappa shape index (κ1) is 24.0. The summed E-state index contributed by atoms with van der Waals surface area (Å²) in [5, 5.41) is 3.64. The Hall–Kier alpha value is -3.61. The molecule has 1 heterocycles. The molecule has 7 heteroatoms. The van der Waals surface area contributed by atoms with Gasteiger partial charge in [-0.2, -0.15) is 0 Å². The van der Waals surface area contributed by atoms with Gasteiger partial charge in [-0.15, -0.1) is 0 Å². The van der Waals surface area contributed by atoms with E-state index in [1.165, 1.54) is 21.4 Å². The van der Waals surface area contributed by atoms with Gasteiger partial charge in [0, 0.05) is 37.2 Å². The molecule has 1 aliphatic carbocycles. The molecule has 4 rings (SSSR count). The van der Waals surface area contributed by atoms with Crippen LogP contribution in [0.1, 0.15) is 24.0 Å². The monoisotopic (exact) mass is 448 g/mol. The molecule has 0 spiro atoms. The molecule has 7 nitrogen and oxygen atoms in total. The van der Waals surface area contributed by atoms with Gasteiger partial charge in [0.2, 0.25) is 18.2 Å². The van der Waals surface area contributed by atoms with Crippen molar-refractivity contribution in [1.29, 1.82) is 0 Å². The summed E-state index contributed by atoms with van der Waals surface area (Å²) >= 11 is 0. The number of hydrogen-bond donors (Lipinski definition) is 2. The van der Waals surface area contributed by atoms with Crippen LogP contribution in [0.2, 0.25) is 0 Å². The lowest BCUT2D eigenvalue weighted by Crippen LogP contribution is -2.44. The van der Waals surface area contributed by atoms with E-state index in [2.05, 4.69) is 35.4 Å². The maximum Gasteiger partial charge on any atom is 0.242 e. The molecule has 0 unspecified atom stereocenters. The van der Waals surface area contributed by atoms with E-state index in [9.17, 15) is 14.4 Å². The number of likely N-dealkylation sites (N-methyl/N-ethyl adjacent to an activating group) is 1. The van der Waals surface area contributed by atoms with E-state index in [0.29, 0.717) is 18.9 Å². The number of hydrogen-bond acceptors (Lipinski definition) is 3. The van der Waals surface area contributed by atoms with Crippen molar-refractivity contribution in [1.82, 2.24) is 20.1 Å². The number of aromatic nitrogens is 1. The third kappa shape index (κ3) is 7.49. The molecule has 3 aromatic rings. The minimum absolute atomic E-state index is 0.0267. The second-order valence-electron chi connectivity index (χ2n) is 8.47. The van der Waals surface area contributed by atoms with Crippen molar-refractivity contribution in [3.05, 3.63) is 71.9 Å². The summed E-state index contributed by atoms with van der Waals surface area (Å²) in [5.41, 5.74) is 3.62. The number of amides is 3. The van der Waals surface area contributed by atoms with Crippen molar-refractivity contribution in [2.45, 2.75) is 26.3 Å². The summed E-state index contributed by atoms with van der Waals surface area (Å²) in [6, 6.07) is 18.2. The molecular formula is C26H32N4O3. The number of nitrogens with one attached hydrogen (secondary N) is 2. The van der Waals surface area contributed by atoms with Crippen LogP contribution in [0.3, 0.4) is 0 Å². The van der Waals surface area contributed by atoms with Gasteiger partial charge in [0.15, 0.2) is 0 Å². The third-order valence-corrected chi connectivity index (χ3v) is 5.68. The van der Waals surface area contributed by atoms with Crippen LogP contribution in [0.5, 0.6) is 0 Å². The SMILES string of the molecule is CN(CC(=O)N(Cc1ccccc1)CC1CC1)C(=O)CNC=O.Cc1c[nH]c2ccccc12. The third-order valence-electron chi connectivity index (χ3n) is 5.68. The average Bonchev–Trinajstić information content (AvgIpc) is 3.58. The largest absolute Gasteiger partial charge is 0.361 e. The zero-order chi connectivity index (χ0) is 23.6. The standard InChI is InChI=1S/C17H23N3O3.C9H9N/c1-19(16(22)9-18-13-21)12-17(23)20(11-15-7-8-15)10-14-5-3-2-4-6-14;1-7-6-10-9-5-3-2-4-8(7)9/h2-6,13,15H,7-12H2,1H3,(H,18,21);2-6,10H,1H3. The molecule has 1 aliphatic rings. The Morgan fingerprint density at radius 2 is 1.76 bits per heavy atom. The van der Waals surface area contributed by atoms with E-state index < -0.39 is 0 Å².